The molecule has 2 N–H and O–H groups in total. The second-order valence-electron chi connectivity index (χ2n) is 5.75. The van der Waals surface area contributed by atoms with E-state index in [1.807, 2.05) is 0 Å². The molecule has 0 saturated carbocycles. The Labute approximate surface area is 136 Å². The smallest absolute Gasteiger partial charge is 0.335 e. The van der Waals surface area contributed by atoms with Crippen LogP contribution in [0.2, 0.25) is 0 Å². The minimum Gasteiger partial charge on any atom is -0.359 e. The Kier molecular flexibility index (Phi) is 3.33. The number of hydrogen-bond donors (Lipinski definition) is 1. The normalized spacial score (nSPS) is 17.0. The van der Waals surface area contributed by atoms with E-state index in [0.717, 1.165) is 11.1 Å². The summed E-state index contributed by atoms with van der Waals surface area (Å²) in [6.07, 6.45) is 3.01. The molecule has 7 nitrogen and oxygen atoms in total. The molecule has 7 heteroatoms. The molecule has 24 heavy (non-hydrogen) atoms. The Morgan fingerprint density at radius 3 is 3.04 bits per heavy atom. The van der Waals surface area contributed by atoms with Crippen molar-refractivity contribution >= 4 is 10.9 Å². The summed E-state index contributed by atoms with van der Waals surface area (Å²) in [7, 11) is 1.62. The first-order valence-corrected chi connectivity index (χ1v) is 7.53. The number of nitrogens with two attached hydrogens (primary N) is 1. The Morgan fingerprint density at radius 2 is 2.21 bits per heavy atom. The molecule has 121 valence electrons. The topological polar surface area (TPSA) is 92.1 Å². The number of hydrogen-bond acceptors (Lipinski definition) is 5. The van der Waals surface area contributed by atoms with Crippen molar-refractivity contribution in [1.29, 1.82) is 0 Å². The molecule has 1 aromatic carbocycles. The summed E-state index contributed by atoms with van der Waals surface area (Å²) in [6.45, 7) is 0.316. The lowest BCUT2D eigenvalue weighted by Crippen LogP contribution is -2.39. The summed E-state index contributed by atoms with van der Waals surface area (Å²) in [5.74, 6) is 0. The van der Waals surface area contributed by atoms with Gasteiger partial charge in [-0.15, -0.1) is 0 Å². The zero-order valence-electron chi connectivity index (χ0n) is 13.0. The summed E-state index contributed by atoms with van der Waals surface area (Å²) >= 11 is 0. The van der Waals surface area contributed by atoms with Gasteiger partial charge >= 0.3 is 5.69 Å². The van der Waals surface area contributed by atoms with Crippen molar-refractivity contribution in [1.82, 2.24) is 14.1 Å². The molecule has 0 unspecified atom stereocenters. The van der Waals surface area contributed by atoms with Gasteiger partial charge in [0.25, 0.3) is 5.56 Å². The van der Waals surface area contributed by atoms with Crippen molar-refractivity contribution < 1.29 is 4.74 Å². The lowest BCUT2D eigenvalue weighted by Gasteiger charge is -2.24. The molecular weight excluding hydrogens is 308 g/mol. The highest BCUT2D eigenvalue weighted by molar-refractivity contribution is 5.77. The van der Waals surface area contributed by atoms with Crippen LogP contribution in [0.25, 0.3) is 16.6 Å². The average molecular weight is 323 g/mol. The molecule has 1 aliphatic rings. The SMILES string of the molecule is Cn1c(=O)n(-c2cc[c]c3c2C[C@@H](N)OC3)c(=O)c2ccncc21. The third-order valence-corrected chi connectivity index (χ3v) is 4.33. The highest BCUT2D eigenvalue weighted by Gasteiger charge is 2.22. The van der Waals surface area contributed by atoms with Crippen LogP contribution in [0.3, 0.4) is 0 Å². The zero-order chi connectivity index (χ0) is 16.8. The predicted octanol–water partition coefficient (Wildman–Crippen LogP) is 0.242. The molecule has 0 fully saturated rings. The fraction of sp³-hybridized carbons (Fsp3) is 0.235. The number of fused-ring (bicyclic) bond motifs is 2. The van der Waals surface area contributed by atoms with Crippen LogP contribution in [-0.4, -0.2) is 20.3 Å². The molecule has 3 aromatic rings. The molecule has 0 amide bonds. The van der Waals surface area contributed by atoms with E-state index in [9.17, 15) is 9.59 Å². The van der Waals surface area contributed by atoms with Gasteiger partial charge in [-0.1, -0.05) is 6.07 Å². The molecule has 1 atom stereocenters. The monoisotopic (exact) mass is 323 g/mol. The van der Waals surface area contributed by atoms with Gasteiger partial charge in [0.05, 0.1) is 29.4 Å². The van der Waals surface area contributed by atoms with E-state index in [1.165, 1.54) is 21.5 Å². The zero-order valence-corrected chi connectivity index (χ0v) is 13.0. The second-order valence-corrected chi connectivity index (χ2v) is 5.75. The minimum atomic E-state index is -0.462. The molecule has 3 heterocycles. The van der Waals surface area contributed by atoms with Gasteiger partial charge < -0.3 is 10.5 Å². The first-order chi connectivity index (χ1) is 11.6. The number of nitrogens with zero attached hydrogens (tertiary/aromatic N) is 3. The summed E-state index contributed by atoms with van der Waals surface area (Å²) in [4.78, 5) is 29.7. The molecular formula is C17H15N4O3. The van der Waals surface area contributed by atoms with Crippen LogP contribution < -0.4 is 17.0 Å². The molecule has 4 rings (SSSR count). The Bertz CT molecular complexity index is 1070. The number of pyridine rings is 1. The second kappa shape index (κ2) is 5.40. The quantitative estimate of drug-likeness (QED) is 0.693. The number of ether oxygens (including phenoxy) is 1. The molecule has 0 spiro atoms. The van der Waals surface area contributed by atoms with Crippen LogP contribution in [0, 0.1) is 6.07 Å². The minimum absolute atomic E-state index is 0.316. The first kappa shape index (κ1) is 14.8. The Morgan fingerprint density at radius 1 is 1.38 bits per heavy atom. The lowest BCUT2D eigenvalue weighted by molar-refractivity contribution is 0.0328. The number of aromatic nitrogens is 3. The van der Waals surface area contributed by atoms with Gasteiger partial charge in [-0.25, -0.2) is 9.36 Å². The van der Waals surface area contributed by atoms with Crippen LogP contribution in [0.15, 0.2) is 40.2 Å². The van der Waals surface area contributed by atoms with E-state index in [2.05, 4.69) is 11.1 Å². The van der Waals surface area contributed by atoms with Crippen molar-refractivity contribution in [3.05, 3.63) is 68.6 Å². The van der Waals surface area contributed by atoms with Gasteiger partial charge in [0.15, 0.2) is 0 Å². The van der Waals surface area contributed by atoms with Gasteiger partial charge in [0.2, 0.25) is 0 Å². The van der Waals surface area contributed by atoms with Crippen molar-refractivity contribution in [3.8, 4) is 5.69 Å². The molecule has 1 radical (unpaired) electrons. The van der Waals surface area contributed by atoms with Gasteiger partial charge in [-0.3, -0.25) is 14.3 Å². The van der Waals surface area contributed by atoms with Gasteiger partial charge in [0, 0.05) is 19.7 Å². The van der Waals surface area contributed by atoms with E-state index in [-0.39, 0.29) is 5.56 Å². The van der Waals surface area contributed by atoms with Gasteiger partial charge in [0.1, 0.15) is 6.23 Å². The average Bonchev–Trinajstić information content (AvgIpc) is 2.60. The lowest BCUT2D eigenvalue weighted by atomic mass is 9.99. The Balaban J connectivity index is 2.09. The van der Waals surface area contributed by atoms with Crippen LogP contribution in [0.4, 0.5) is 0 Å². The van der Waals surface area contributed by atoms with Crippen molar-refractivity contribution in [2.75, 3.05) is 0 Å². The standard InChI is InChI=1S/C17H15N4O3/c1-20-14-8-19-6-5-11(14)16(22)21(17(20)23)13-4-2-3-10-9-24-15(18)7-12(10)13/h2,4-6,8,15H,7,9,18H2,1H3/t15-/m0/s1. The molecule has 0 aliphatic carbocycles. The van der Waals surface area contributed by atoms with E-state index in [4.69, 9.17) is 10.5 Å². The highest BCUT2D eigenvalue weighted by atomic mass is 16.5. The number of aryl methyl sites for hydroxylation is 1. The van der Waals surface area contributed by atoms with Crippen LogP contribution in [0.1, 0.15) is 11.1 Å². The maximum absolute atomic E-state index is 12.9. The van der Waals surface area contributed by atoms with Crippen molar-refractivity contribution in [3.63, 3.8) is 0 Å². The number of benzene rings is 1. The first-order valence-electron chi connectivity index (χ1n) is 7.53. The van der Waals surface area contributed by atoms with E-state index < -0.39 is 11.9 Å². The van der Waals surface area contributed by atoms with E-state index >= 15 is 0 Å². The summed E-state index contributed by atoms with van der Waals surface area (Å²) in [5, 5.41) is 0.435. The maximum Gasteiger partial charge on any atom is 0.335 e. The number of rotatable bonds is 1. The van der Waals surface area contributed by atoms with Crippen LogP contribution >= 0.6 is 0 Å². The van der Waals surface area contributed by atoms with Crippen molar-refractivity contribution in [2.24, 2.45) is 12.8 Å². The fourth-order valence-corrected chi connectivity index (χ4v) is 3.09. The van der Waals surface area contributed by atoms with Crippen LogP contribution in [-0.2, 0) is 24.8 Å². The molecule has 0 saturated heterocycles. The summed E-state index contributed by atoms with van der Waals surface area (Å²) in [6, 6.07) is 8.12. The van der Waals surface area contributed by atoms with Crippen molar-refractivity contribution in [2.45, 2.75) is 19.3 Å². The highest BCUT2D eigenvalue weighted by Crippen LogP contribution is 2.24. The third-order valence-electron chi connectivity index (χ3n) is 4.33. The van der Waals surface area contributed by atoms with E-state index in [1.54, 1.807) is 25.2 Å². The fourth-order valence-electron chi connectivity index (χ4n) is 3.09. The summed E-state index contributed by atoms with van der Waals surface area (Å²) < 4.78 is 8.03. The Hall–Kier alpha value is -2.77. The predicted molar refractivity (Wildman–Crippen MR) is 87.9 cm³/mol. The molecule has 0 bridgehead atoms. The van der Waals surface area contributed by atoms with Gasteiger partial charge in [-0.05, 0) is 29.3 Å². The summed E-state index contributed by atoms with van der Waals surface area (Å²) in [5.41, 5.74) is 7.76. The largest absolute Gasteiger partial charge is 0.359 e. The molecule has 2 aromatic heterocycles. The van der Waals surface area contributed by atoms with E-state index in [0.29, 0.717) is 29.6 Å². The van der Waals surface area contributed by atoms with Crippen LogP contribution in [0.5, 0.6) is 0 Å². The maximum atomic E-state index is 12.9. The third kappa shape index (κ3) is 2.10. The van der Waals surface area contributed by atoms with Gasteiger partial charge in [-0.2, -0.15) is 0 Å². The molecule has 1 aliphatic heterocycles.